The summed E-state index contributed by atoms with van der Waals surface area (Å²) in [5.74, 6) is 0. The maximum Gasteiger partial charge on any atom is 0.673 e. The van der Waals surface area contributed by atoms with E-state index in [1.165, 1.54) is 0 Å². The highest BCUT2D eigenvalue weighted by molar-refractivity contribution is 7.41. The molecule has 14 heavy (non-hydrogen) atoms. The van der Waals surface area contributed by atoms with Crippen LogP contribution in [0.25, 0.3) is 0 Å². The molecular weight excluding hydrogens is 214 g/mol. The first-order valence-electron chi connectivity index (χ1n) is 4.45. The smallest absolute Gasteiger partial charge is 0.418 e. The summed E-state index contributed by atoms with van der Waals surface area (Å²) in [5.41, 5.74) is 0. The van der Waals surface area contributed by atoms with Crippen molar-refractivity contribution in [3.05, 3.63) is 0 Å². The molecule has 0 aliphatic heterocycles. The van der Waals surface area contributed by atoms with Crippen LogP contribution in [0.15, 0.2) is 0 Å². The van der Waals surface area contributed by atoms with Crippen LogP contribution in [0.3, 0.4) is 0 Å². The molecule has 0 radical (unpaired) electrons. The van der Waals surface area contributed by atoms with Crippen LogP contribution in [0.5, 0.6) is 0 Å². The second-order valence-corrected chi connectivity index (χ2v) is 9.12. The van der Waals surface area contributed by atoms with Gasteiger partial charge < -0.3 is 17.3 Å². The summed E-state index contributed by atoms with van der Waals surface area (Å²) < 4.78 is 39.0. The third kappa shape index (κ3) is 39.8. The molecule has 0 bridgehead atoms. The molecule has 0 heterocycles. The van der Waals surface area contributed by atoms with Gasteiger partial charge in [0, 0.05) is 0 Å². The van der Waals surface area contributed by atoms with Gasteiger partial charge in [0.25, 0.3) is 0 Å². The van der Waals surface area contributed by atoms with Crippen LogP contribution >= 0.6 is 8.58 Å². The molecule has 0 unspecified atom stereocenters. The van der Waals surface area contributed by atoms with Gasteiger partial charge in [-0.1, -0.05) is 0 Å². The van der Waals surface area contributed by atoms with Gasteiger partial charge in [-0.2, -0.15) is 0 Å². The molecule has 6 heteroatoms. The average molecular weight is 234 g/mol. The number of hydrogen-bond acceptors (Lipinski definition) is 0. The van der Waals surface area contributed by atoms with Gasteiger partial charge in [0.15, 0.2) is 0 Å². The van der Waals surface area contributed by atoms with Gasteiger partial charge >= 0.3 is 7.25 Å². The van der Waals surface area contributed by atoms with Crippen LogP contribution in [-0.4, -0.2) is 17.6 Å². The fourth-order valence-corrected chi connectivity index (χ4v) is 3.90. The summed E-state index contributed by atoms with van der Waals surface area (Å²) in [5, 5.41) is 1.14. The third-order valence-electron chi connectivity index (χ3n) is 0.866. The Bertz CT molecular complexity index is 136. The van der Waals surface area contributed by atoms with Crippen LogP contribution in [0.4, 0.5) is 17.3 Å². The molecular formula is C8H20BF4P. The molecule has 0 saturated carbocycles. The summed E-state index contributed by atoms with van der Waals surface area (Å²) in [4.78, 5) is 0. The molecule has 0 fully saturated rings. The number of rotatable bonds is 0. The maximum atomic E-state index is 9.75. The van der Waals surface area contributed by atoms with E-state index in [9.17, 15) is 17.3 Å². The van der Waals surface area contributed by atoms with E-state index in [-0.39, 0.29) is 0 Å². The summed E-state index contributed by atoms with van der Waals surface area (Å²) in [6.45, 7) is 14.0. The Morgan fingerprint density at radius 1 is 0.714 bits per heavy atom. The van der Waals surface area contributed by atoms with Crippen molar-refractivity contribution in [3.8, 4) is 0 Å². The third-order valence-corrected chi connectivity index (χ3v) is 2.60. The summed E-state index contributed by atoms with van der Waals surface area (Å²) >= 11 is 0. The zero-order valence-electron chi connectivity index (χ0n) is 9.67. The Morgan fingerprint density at radius 3 is 0.857 bits per heavy atom. The molecule has 0 N–H and O–H groups in total. The highest BCUT2D eigenvalue weighted by Crippen LogP contribution is 2.41. The summed E-state index contributed by atoms with van der Waals surface area (Å²) in [7, 11) is -5.43. The molecule has 88 valence electrons. The van der Waals surface area contributed by atoms with Gasteiger partial charge in [0.2, 0.25) is 0 Å². The molecule has 0 nitrogen and oxygen atoms in total. The minimum Gasteiger partial charge on any atom is -0.418 e. The molecule has 0 aliphatic carbocycles. The lowest BCUT2D eigenvalue weighted by Crippen LogP contribution is -2.16. The monoisotopic (exact) mass is 234 g/mol. The summed E-state index contributed by atoms with van der Waals surface area (Å²) in [6.07, 6.45) is 0. The lowest BCUT2D eigenvalue weighted by Gasteiger charge is -2.21. The Balaban J connectivity index is 0. The second-order valence-electron chi connectivity index (χ2n) is 5.37. The molecule has 0 spiro atoms. The van der Waals surface area contributed by atoms with E-state index in [0.29, 0.717) is 18.9 Å². The first-order chi connectivity index (χ1) is 5.71. The molecule has 0 saturated heterocycles. The Morgan fingerprint density at radius 2 is 0.857 bits per heavy atom. The van der Waals surface area contributed by atoms with E-state index in [1.54, 1.807) is 0 Å². The topological polar surface area (TPSA) is 0 Å². The molecule has 0 aliphatic rings. The van der Waals surface area contributed by atoms with Crippen molar-refractivity contribution in [2.24, 2.45) is 0 Å². The molecule has 0 rings (SSSR count). The fourth-order valence-electron chi connectivity index (χ4n) is 1.30. The van der Waals surface area contributed by atoms with Crippen molar-refractivity contribution in [3.63, 3.8) is 0 Å². The predicted octanol–water partition coefficient (Wildman–Crippen LogP) is 4.29. The van der Waals surface area contributed by atoms with Crippen molar-refractivity contribution in [1.29, 1.82) is 0 Å². The van der Waals surface area contributed by atoms with Gasteiger partial charge in [-0.05, 0) is 50.1 Å². The molecule has 0 atom stereocenters. The van der Waals surface area contributed by atoms with Gasteiger partial charge in [0.1, 0.15) is 0 Å². The lowest BCUT2D eigenvalue weighted by molar-refractivity contribution is 0.368. The summed E-state index contributed by atoms with van der Waals surface area (Å²) in [6, 6.07) is 0. The van der Waals surface area contributed by atoms with Crippen LogP contribution in [0, 0.1) is 0 Å². The van der Waals surface area contributed by atoms with Gasteiger partial charge in [-0.3, -0.25) is 0 Å². The van der Waals surface area contributed by atoms with E-state index >= 15 is 0 Å². The number of hydrogen-bond donors (Lipinski definition) is 0. The lowest BCUT2D eigenvalue weighted by atomic mass is 10.2. The fraction of sp³-hybridized carbons (Fsp3) is 1.00. The highest BCUT2D eigenvalue weighted by atomic mass is 31.1. The van der Waals surface area contributed by atoms with Crippen molar-refractivity contribution < 1.29 is 17.3 Å². The number of halogens is 4. The van der Waals surface area contributed by atoms with Crippen LogP contribution < -0.4 is 0 Å². The van der Waals surface area contributed by atoms with Crippen molar-refractivity contribution in [2.75, 3.05) is 0 Å². The average Bonchev–Trinajstić information content (AvgIpc) is 1.42. The second kappa shape index (κ2) is 5.34. The van der Waals surface area contributed by atoms with E-state index in [1.807, 2.05) is 0 Å². The normalized spacial score (nSPS) is 13.3. The maximum absolute atomic E-state index is 9.75. The standard InChI is InChI=1S/C8H19P.BF4/c1-7(2,3)9-8(4,5)6;2-1(3,4)5/h9H,1-6H3;/q;-1/p+1. The van der Waals surface area contributed by atoms with Crippen LogP contribution in [0.1, 0.15) is 41.5 Å². The zero-order valence-corrected chi connectivity index (χ0v) is 10.8. The Labute approximate surface area is 85.7 Å². The first-order valence-corrected chi connectivity index (χ1v) is 5.60. The van der Waals surface area contributed by atoms with E-state index in [4.69, 9.17) is 0 Å². The first kappa shape index (κ1) is 16.6. The molecule has 0 amide bonds. The van der Waals surface area contributed by atoms with E-state index in [2.05, 4.69) is 41.5 Å². The zero-order chi connectivity index (χ0) is 12.2. The highest BCUT2D eigenvalue weighted by Gasteiger charge is 2.27. The van der Waals surface area contributed by atoms with Gasteiger partial charge in [-0.25, -0.2) is 0 Å². The predicted molar refractivity (Wildman–Crippen MR) is 59.4 cm³/mol. The van der Waals surface area contributed by atoms with Crippen LogP contribution in [-0.2, 0) is 0 Å². The minimum atomic E-state index is -6.00. The largest absolute Gasteiger partial charge is 0.673 e. The molecule has 0 aromatic heterocycles. The van der Waals surface area contributed by atoms with Gasteiger partial charge in [-0.15, -0.1) is 0 Å². The van der Waals surface area contributed by atoms with Crippen molar-refractivity contribution in [1.82, 2.24) is 0 Å². The van der Waals surface area contributed by atoms with Crippen molar-refractivity contribution in [2.45, 2.75) is 51.9 Å². The minimum absolute atomic E-state index is 0.568. The van der Waals surface area contributed by atoms with Gasteiger partial charge in [0.05, 0.1) is 10.3 Å². The molecule has 0 aromatic rings. The van der Waals surface area contributed by atoms with E-state index in [0.717, 1.165) is 0 Å². The van der Waals surface area contributed by atoms with Crippen LogP contribution in [0.2, 0.25) is 0 Å². The molecule has 0 aromatic carbocycles. The SMILES string of the molecule is CC(C)(C)[PH2+]C(C)(C)C.F[B-](F)(F)F. The van der Waals surface area contributed by atoms with E-state index < -0.39 is 7.25 Å². The Hall–Kier alpha value is 0.215. The van der Waals surface area contributed by atoms with Crippen molar-refractivity contribution >= 4 is 15.8 Å². The Kier molecular flexibility index (Phi) is 6.35. The quantitative estimate of drug-likeness (QED) is 0.333.